The van der Waals surface area contributed by atoms with Gasteiger partial charge in [0.1, 0.15) is 12.3 Å². The summed E-state index contributed by atoms with van der Waals surface area (Å²) in [4.78, 5) is 13.6. The predicted molar refractivity (Wildman–Crippen MR) is 128 cm³/mol. The van der Waals surface area contributed by atoms with Gasteiger partial charge in [0.15, 0.2) is 0 Å². The van der Waals surface area contributed by atoms with Gasteiger partial charge in [-0.25, -0.2) is 8.42 Å². The summed E-state index contributed by atoms with van der Waals surface area (Å²) < 4.78 is 34.1. The Morgan fingerprint density at radius 2 is 1.64 bits per heavy atom. The van der Waals surface area contributed by atoms with Gasteiger partial charge in [0.05, 0.1) is 17.7 Å². The van der Waals surface area contributed by atoms with Crippen molar-refractivity contribution < 1.29 is 17.9 Å². The van der Waals surface area contributed by atoms with Crippen molar-refractivity contribution >= 4 is 21.6 Å². The van der Waals surface area contributed by atoms with Crippen LogP contribution in [0.25, 0.3) is 0 Å². The Labute approximate surface area is 196 Å². The van der Waals surface area contributed by atoms with Crippen LogP contribution in [0.5, 0.6) is 5.75 Å². The number of hydrogen-bond donors (Lipinski definition) is 1. The maximum absolute atomic E-state index is 13.7. The van der Waals surface area contributed by atoms with Gasteiger partial charge in [-0.05, 0) is 93.0 Å². The van der Waals surface area contributed by atoms with E-state index in [1.54, 1.807) is 42.5 Å². The Kier molecular flexibility index (Phi) is 5.63. The van der Waals surface area contributed by atoms with Crippen molar-refractivity contribution in [3.8, 4) is 5.75 Å². The first-order valence-corrected chi connectivity index (χ1v) is 13.3. The fourth-order valence-electron chi connectivity index (χ4n) is 6.74. The van der Waals surface area contributed by atoms with Crippen molar-refractivity contribution in [3.63, 3.8) is 0 Å². The standard InChI is InChI=1S/C26H32N2O4S/c1-18-8-9-24(32-2)23(10-18)28(33(30,31)22-6-4-3-5-7-22)17-25(29)27-26-14-19-11-20(15-26)13-21(12-19)16-26/h3-10,19-21H,11-17H2,1-2H3,(H,27,29). The summed E-state index contributed by atoms with van der Waals surface area (Å²) in [5, 5.41) is 3.31. The molecule has 1 amide bonds. The van der Waals surface area contributed by atoms with Crippen molar-refractivity contribution in [2.75, 3.05) is 18.0 Å². The number of hydrogen-bond acceptors (Lipinski definition) is 4. The second-order valence-corrected chi connectivity index (χ2v) is 12.1. The molecule has 0 aliphatic heterocycles. The number of aryl methyl sites for hydroxylation is 1. The molecule has 4 saturated carbocycles. The van der Waals surface area contributed by atoms with Crippen LogP contribution < -0.4 is 14.4 Å². The zero-order valence-electron chi connectivity index (χ0n) is 19.3. The van der Waals surface area contributed by atoms with Crippen molar-refractivity contribution in [3.05, 3.63) is 54.1 Å². The van der Waals surface area contributed by atoms with Crippen LogP contribution in [-0.4, -0.2) is 33.5 Å². The Balaban J connectivity index is 1.46. The minimum Gasteiger partial charge on any atom is -0.495 e. The molecule has 6 rings (SSSR count). The number of carbonyl (C=O) groups excluding carboxylic acids is 1. The molecular formula is C26H32N2O4S. The minimum atomic E-state index is -3.97. The molecule has 0 atom stereocenters. The second kappa shape index (κ2) is 8.35. The maximum Gasteiger partial charge on any atom is 0.264 e. The number of ether oxygens (including phenoxy) is 1. The van der Waals surface area contributed by atoms with Gasteiger partial charge in [0, 0.05) is 5.54 Å². The first-order chi connectivity index (χ1) is 15.8. The predicted octanol–water partition coefficient (Wildman–Crippen LogP) is 4.28. The third-order valence-corrected chi connectivity index (χ3v) is 9.44. The van der Waals surface area contributed by atoms with Crippen LogP contribution in [0.2, 0.25) is 0 Å². The van der Waals surface area contributed by atoms with Crippen molar-refractivity contribution in [1.29, 1.82) is 0 Å². The summed E-state index contributed by atoms with van der Waals surface area (Å²) in [5.41, 5.74) is 1.09. The van der Waals surface area contributed by atoms with E-state index in [9.17, 15) is 13.2 Å². The third-order valence-electron chi connectivity index (χ3n) is 7.66. The average molecular weight is 469 g/mol. The quantitative estimate of drug-likeness (QED) is 0.658. The highest BCUT2D eigenvalue weighted by molar-refractivity contribution is 7.92. The van der Waals surface area contributed by atoms with Crippen molar-refractivity contribution in [1.82, 2.24) is 5.32 Å². The summed E-state index contributed by atoms with van der Waals surface area (Å²) in [7, 11) is -2.46. The lowest BCUT2D eigenvalue weighted by Crippen LogP contribution is -2.61. The SMILES string of the molecule is COc1ccc(C)cc1N(CC(=O)NC12CC3CC(CC(C3)C1)C2)S(=O)(=O)c1ccccc1. The third kappa shape index (κ3) is 4.23. The van der Waals surface area contributed by atoms with Crippen LogP contribution in [0.3, 0.4) is 0 Å². The first kappa shape index (κ1) is 22.3. The van der Waals surface area contributed by atoms with Gasteiger partial charge in [-0.3, -0.25) is 9.10 Å². The highest BCUT2D eigenvalue weighted by Crippen LogP contribution is 2.55. The van der Waals surface area contributed by atoms with E-state index in [0.29, 0.717) is 29.2 Å². The number of anilines is 1. The number of rotatable bonds is 7. The molecule has 1 N–H and O–H groups in total. The maximum atomic E-state index is 13.7. The molecule has 176 valence electrons. The molecule has 4 aliphatic carbocycles. The highest BCUT2D eigenvalue weighted by Gasteiger charge is 2.51. The van der Waals surface area contributed by atoms with E-state index in [2.05, 4.69) is 5.32 Å². The molecule has 7 heteroatoms. The van der Waals surface area contributed by atoms with Crippen LogP contribution in [0.1, 0.15) is 44.1 Å². The van der Waals surface area contributed by atoms with E-state index in [-0.39, 0.29) is 22.9 Å². The molecule has 33 heavy (non-hydrogen) atoms. The lowest BCUT2D eigenvalue weighted by Gasteiger charge is -2.57. The molecule has 0 radical (unpaired) electrons. The van der Waals surface area contributed by atoms with Gasteiger partial charge >= 0.3 is 0 Å². The van der Waals surface area contributed by atoms with E-state index in [0.717, 1.165) is 24.8 Å². The van der Waals surface area contributed by atoms with Crippen LogP contribution in [0, 0.1) is 24.7 Å². The minimum absolute atomic E-state index is 0.149. The molecule has 4 bridgehead atoms. The molecule has 2 aromatic carbocycles. The van der Waals surface area contributed by atoms with Gasteiger partial charge in [0.2, 0.25) is 5.91 Å². The van der Waals surface area contributed by atoms with Gasteiger partial charge in [0.25, 0.3) is 10.0 Å². The number of benzene rings is 2. The molecular weight excluding hydrogens is 436 g/mol. The molecule has 0 aromatic heterocycles. The van der Waals surface area contributed by atoms with E-state index in [1.165, 1.54) is 30.7 Å². The molecule has 0 saturated heterocycles. The smallest absolute Gasteiger partial charge is 0.264 e. The Morgan fingerprint density at radius 1 is 1.03 bits per heavy atom. The molecule has 0 unspecified atom stereocenters. The largest absolute Gasteiger partial charge is 0.495 e. The van der Waals surface area contributed by atoms with E-state index in [4.69, 9.17) is 4.74 Å². The summed E-state index contributed by atoms with van der Waals surface area (Å²) in [6.07, 6.45) is 6.90. The number of nitrogens with one attached hydrogen (secondary N) is 1. The molecule has 6 nitrogen and oxygen atoms in total. The molecule has 4 aliphatic rings. The lowest BCUT2D eigenvalue weighted by atomic mass is 9.53. The van der Waals surface area contributed by atoms with Crippen LogP contribution in [-0.2, 0) is 14.8 Å². The van der Waals surface area contributed by atoms with Gasteiger partial charge in [-0.2, -0.15) is 0 Å². The zero-order chi connectivity index (χ0) is 23.2. The van der Waals surface area contributed by atoms with Crippen molar-refractivity contribution in [2.45, 2.75) is 55.9 Å². The van der Waals surface area contributed by atoms with Crippen LogP contribution in [0.4, 0.5) is 5.69 Å². The number of carbonyl (C=O) groups is 1. The Bertz CT molecular complexity index is 1110. The number of nitrogens with zero attached hydrogens (tertiary/aromatic N) is 1. The summed E-state index contributed by atoms with van der Waals surface area (Å²) in [6, 6.07) is 13.6. The van der Waals surface area contributed by atoms with Crippen LogP contribution >= 0.6 is 0 Å². The fourth-order valence-corrected chi connectivity index (χ4v) is 8.19. The number of methoxy groups -OCH3 is 1. The monoisotopic (exact) mass is 468 g/mol. The van der Waals surface area contributed by atoms with E-state index >= 15 is 0 Å². The summed E-state index contributed by atoms with van der Waals surface area (Å²) >= 11 is 0. The molecule has 2 aromatic rings. The average Bonchev–Trinajstić information content (AvgIpc) is 2.76. The fraction of sp³-hybridized carbons (Fsp3) is 0.500. The molecule has 0 spiro atoms. The summed E-state index contributed by atoms with van der Waals surface area (Å²) in [6.45, 7) is 1.62. The van der Waals surface area contributed by atoms with Crippen molar-refractivity contribution in [2.24, 2.45) is 17.8 Å². The lowest BCUT2D eigenvalue weighted by molar-refractivity contribution is -0.125. The van der Waals surface area contributed by atoms with E-state index < -0.39 is 10.0 Å². The number of amides is 1. The van der Waals surface area contributed by atoms with Gasteiger partial charge in [-0.15, -0.1) is 0 Å². The van der Waals surface area contributed by atoms with E-state index in [1.807, 2.05) is 13.0 Å². The van der Waals surface area contributed by atoms with Crippen LogP contribution in [0.15, 0.2) is 53.4 Å². The topological polar surface area (TPSA) is 75.7 Å². The normalized spacial score (nSPS) is 27.9. The first-order valence-electron chi connectivity index (χ1n) is 11.8. The summed E-state index contributed by atoms with van der Waals surface area (Å²) in [5.74, 6) is 2.25. The second-order valence-electron chi connectivity index (χ2n) is 10.2. The highest BCUT2D eigenvalue weighted by atomic mass is 32.2. The Hall–Kier alpha value is -2.54. The Morgan fingerprint density at radius 3 is 2.21 bits per heavy atom. The van der Waals surface area contributed by atoms with Gasteiger partial charge in [-0.1, -0.05) is 24.3 Å². The molecule has 4 fully saturated rings. The molecule has 0 heterocycles. The number of sulfonamides is 1. The zero-order valence-corrected chi connectivity index (χ0v) is 20.1. The van der Waals surface area contributed by atoms with Gasteiger partial charge < -0.3 is 10.1 Å².